The quantitative estimate of drug-likeness (QED) is 0.566. The number of rotatable bonds is 5. The van der Waals surface area contributed by atoms with Gasteiger partial charge in [0.25, 0.3) is 0 Å². The van der Waals surface area contributed by atoms with Crippen LogP contribution in [0.15, 0.2) is 60.2 Å². The second-order valence-corrected chi connectivity index (χ2v) is 8.34. The van der Waals surface area contributed by atoms with Crippen LogP contribution in [0.2, 0.25) is 5.02 Å². The van der Waals surface area contributed by atoms with E-state index in [0.29, 0.717) is 0 Å². The van der Waals surface area contributed by atoms with Gasteiger partial charge in [-0.05, 0) is 23.3 Å². The molecule has 0 unspecified atom stereocenters. The molecule has 2 aromatic rings. The van der Waals surface area contributed by atoms with E-state index < -0.39 is 43.4 Å². The monoisotopic (exact) mass is 427 g/mol. The first-order valence-corrected chi connectivity index (χ1v) is 9.74. The van der Waals surface area contributed by atoms with Gasteiger partial charge in [-0.25, -0.2) is 4.39 Å². The topological polar surface area (TPSA) is 95.7 Å². The number of carbonyl (C=O) groups excluding carboxylic acids is 1. The van der Waals surface area contributed by atoms with E-state index in [2.05, 4.69) is 0 Å². The molecule has 6 nitrogen and oxygen atoms in total. The highest BCUT2D eigenvalue weighted by Gasteiger charge is 2.50. The summed E-state index contributed by atoms with van der Waals surface area (Å²) in [4.78, 5) is 12.8. The highest BCUT2D eigenvalue weighted by Crippen LogP contribution is 2.38. The molecule has 1 aliphatic heterocycles. The molecule has 0 bridgehead atoms. The highest BCUT2D eigenvalue weighted by atomic mass is 35.5. The van der Waals surface area contributed by atoms with Gasteiger partial charge in [0.05, 0.1) is 25.3 Å². The lowest BCUT2D eigenvalue weighted by Gasteiger charge is -2.26. The Hall–Kier alpha value is -2.39. The Balaban J connectivity index is 1.95. The molecule has 2 aromatic carbocycles. The van der Waals surface area contributed by atoms with Gasteiger partial charge in [0, 0.05) is 0 Å². The Morgan fingerprint density at radius 3 is 2.38 bits per heavy atom. The van der Waals surface area contributed by atoms with Crippen LogP contribution >= 0.6 is 11.6 Å². The predicted octanol–water partition coefficient (Wildman–Crippen LogP) is 1.02. The third-order valence-electron chi connectivity index (χ3n) is 4.22. The van der Waals surface area contributed by atoms with E-state index in [-0.39, 0.29) is 16.1 Å². The van der Waals surface area contributed by atoms with Crippen molar-refractivity contribution < 1.29 is 26.5 Å². The molecule has 1 heterocycles. The third-order valence-corrected chi connectivity index (χ3v) is 5.97. The zero-order valence-electron chi connectivity index (χ0n) is 14.6. The number of carbonyl (C=O) groups is 1. The summed E-state index contributed by atoms with van der Waals surface area (Å²) in [7, 11) is 12.6. The van der Waals surface area contributed by atoms with Crippen LogP contribution in [0.25, 0.3) is 0 Å². The van der Waals surface area contributed by atoms with Gasteiger partial charge in [0.15, 0.2) is 5.50 Å². The van der Waals surface area contributed by atoms with E-state index in [1.807, 2.05) is 0 Å². The Bertz CT molecular complexity index is 1130. The summed E-state index contributed by atoms with van der Waals surface area (Å²) >= 11 is 5.61. The van der Waals surface area contributed by atoms with Crippen LogP contribution in [0, 0.1) is 5.82 Å². The lowest BCUT2D eigenvalue weighted by molar-refractivity contribution is -0.126. The van der Waals surface area contributed by atoms with Crippen molar-refractivity contribution in [3.63, 3.8) is 0 Å². The fourth-order valence-electron chi connectivity index (χ4n) is 2.56. The van der Waals surface area contributed by atoms with Crippen molar-refractivity contribution in [2.24, 2.45) is 5.73 Å². The number of ketones is 1. The largest absolute Gasteiger partial charge is 0.467 e. The van der Waals surface area contributed by atoms with E-state index in [4.69, 9.17) is 49.8 Å². The molecular formula is C17H10B3ClFNO5S. The molecule has 6 radical (unpaired) electrons. The van der Waals surface area contributed by atoms with E-state index in [0.717, 1.165) is 12.1 Å². The lowest BCUT2D eigenvalue weighted by Crippen LogP contribution is -2.40. The Morgan fingerprint density at radius 2 is 1.79 bits per heavy atom. The molecule has 1 aliphatic rings. The minimum atomic E-state index is -4.84. The molecule has 12 heteroatoms. The van der Waals surface area contributed by atoms with Gasteiger partial charge in [-0.1, -0.05) is 48.0 Å². The smallest absolute Gasteiger partial charge is 0.302 e. The summed E-state index contributed by atoms with van der Waals surface area (Å²) in [5, 5.41) is -0.221. The Morgan fingerprint density at radius 1 is 1.17 bits per heavy atom. The molecule has 0 fully saturated rings. The van der Waals surface area contributed by atoms with Crippen LogP contribution in [0.5, 0.6) is 0 Å². The predicted molar refractivity (Wildman–Crippen MR) is 106 cm³/mol. The zero-order chi connectivity index (χ0) is 21.6. The fraction of sp³-hybridized carbons (Fsp3) is 0.118. The minimum absolute atomic E-state index is 0.00989. The molecule has 0 saturated heterocycles. The Labute approximate surface area is 175 Å². The van der Waals surface area contributed by atoms with Gasteiger partial charge < -0.3 is 14.7 Å². The maximum Gasteiger partial charge on any atom is 0.302 e. The lowest BCUT2D eigenvalue weighted by atomic mass is 9.65. The van der Waals surface area contributed by atoms with Crippen LogP contribution in [0.3, 0.4) is 0 Å². The van der Waals surface area contributed by atoms with Gasteiger partial charge in [0.2, 0.25) is 17.4 Å². The van der Waals surface area contributed by atoms with Crippen LogP contribution in [-0.4, -0.2) is 37.7 Å². The van der Waals surface area contributed by atoms with Gasteiger partial charge in [-0.2, -0.15) is 8.42 Å². The number of benzene rings is 2. The highest BCUT2D eigenvalue weighted by molar-refractivity contribution is 7.90. The standard InChI is InChI=1S/C17H10B3ClFNO5S/c18-16(10-6-7-11(21)12(22)8-10)14(24)13(15(23)27-16)28-29(25,26)17(19,20)9-4-2-1-3-5-9/h1-8H,23H2/t16-/m1/s1. The molecule has 29 heavy (non-hydrogen) atoms. The molecule has 0 amide bonds. The molecule has 0 saturated carbocycles. The molecule has 0 spiro atoms. The fourth-order valence-corrected chi connectivity index (χ4v) is 3.62. The number of hydrogen-bond acceptors (Lipinski definition) is 6. The maximum atomic E-state index is 13.8. The van der Waals surface area contributed by atoms with Gasteiger partial charge in [-0.15, -0.1) is 0 Å². The molecule has 0 aromatic heterocycles. The van der Waals surface area contributed by atoms with Crippen molar-refractivity contribution in [2.75, 3.05) is 0 Å². The average Bonchev–Trinajstić information content (AvgIpc) is 2.88. The molecular weight excluding hydrogens is 417 g/mol. The summed E-state index contributed by atoms with van der Waals surface area (Å²) in [5.41, 5.74) is 3.09. The molecule has 2 N–H and O–H groups in total. The van der Waals surface area contributed by atoms with E-state index >= 15 is 0 Å². The number of Topliss-reactive ketones (excluding diaryl/α,β-unsaturated/α-hetero) is 1. The summed E-state index contributed by atoms with van der Waals surface area (Å²) in [5.74, 6) is -3.72. The second kappa shape index (κ2) is 7.14. The third kappa shape index (κ3) is 3.53. The van der Waals surface area contributed by atoms with E-state index in [9.17, 15) is 17.6 Å². The van der Waals surface area contributed by atoms with Crippen molar-refractivity contribution >= 4 is 51.0 Å². The van der Waals surface area contributed by atoms with Crippen LogP contribution < -0.4 is 5.73 Å². The van der Waals surface area contributed by atoms with Crippen LogP contribution in [0.4, 0.5) is 4.39 Å². The number of hydrogen-bond donors (Lipinski definition) is 1. The maximum absolute atomic E-state index is 13.8. The summed E-state index contributed by atoms with van der Waals surface area (Å²) < 4.78 is 46.5. The van der Waals surface area contributed by atoms with Crippen molar-refractivity contribution in [3.05, 3.63) is 82.1 Å². The van der Waals surface area contributed by atoms with Crippen molar-refractivity contribution in [2.45, 2.75) is 10.0 Å². The van der Waals surface area contributed by atoms with E-state index in [1.165, 1.54) is 30.3 Å². The number of halogens is 2. The first-order chi connectivity index (χ1) is 13.4. The SMILES string of the molecule is [B]C([B])(c1ccccc1)S(=O)(=O)OC1=C(N)O[C@]([B])(c2ccc(Cl)c(F)c2)C1=O. The second-order valence-electron chi connectivity index (χ2n) is 6.19. The summed E-state index contributed by atoms with van der Waals surface area (Å²) in [6.07, 6.45) is 0. The van der Waals surface area contributed by atoms with Gasteiger partial charge in [0.1, 0.15) is 13.7 Å². The van der Waals surface area contributed by atoms with Crippen molar-refractivity contribution in [1.82, 2.24) is 0 Å². The Kier molecular flexibility index (Phi) is 5.25. The first kappa shape index (κ1) is 21.3. The van der Waals surface area contributed by atoms with Crippen molar-refractivity contribution in [3.8, 4) is 0 Å². The van der Waals surface area contributed by atoms with Crippen LogP contribution in [-0.2, 0) is 33.9 Å². The first-order valence-electron chi connectivity index (χ1n) is 7.95. The summed E-state index contributed by atoms with van der Waals surface area (Å²) in [6, 6.07) is 10.6. The van der Waals surface area contributed by atoms with E-state index in [1.54, 1.807) is 6.07 Å². The minimum Gasteiger partial charge on any atom is -0.467 e. The average molecular weight is 427 g/mol. The molecule has 0 aliphatic carbocycles. The molecule has 1 atom stereocenters. The summed E-state index contributed by atoms with van der Waals surface area (Å²) in [6.45, 7) is 0. The van der Waals surface area contributed by atoms with Crippen LogP contribution in [0.1, 0.15) is 11.1 Å². The van der Waals surface area contributed by atoms with Crippen molar-refractivity contribution in [1.29, 1.82) is 0 Å². The molecule has 142 valence electrons. The number of ether oxygens (including phenoxy) is 1. The number of nitrogens with two attached hydrogens (primary N) is 1. The van der Waals surface area contributed by atoms with Gasteiger partial charge in [-0.3, -0.25) is 4.79 Å². The normalized spacial score (nSPS) is 19.9. The molecule has 3 rings (SSSR count). The van der Waals surface area contributed by atoms with Gasteiger partial charge >= 0.3 is 10.1 Å². The zero-order valence-corrected chi connectivity index (χ0v) is 16.2.